The number of benzene rings is 1. The molecule has 0 unspecified atom stereocenters. The first kappa shape index (κ1) is 10.7. The first-order chi connectivity index (χ1) is 7.77. The Morgan fingerprint density at radius 3 is 2.94 bits per heavy atom. The monoisotopic (exact) mass is 220 g/mol. The molecule has 5 nitrogen and oxygen atoms in total. The van der Waals surface area contributed by atoms with Crippen molar-refractivity contribution in [2.45, 2.75) is 6.04 Å². The fraction of sp³-hybridized carbons (Fsp3) is 0.182. The van der Waals surface area contributed by atoms with Gasteiger partial charge in [0.15, 0.2) is 6.04 Å². The molecule has 0 amide bonds. The lowest BCUT2D eigenvalue weighted by Gasteiger charge is -2.11. The molecule has 0 fully saturated rings. The van der Waals surface area contributed by atoms with Crippen LogP contribution in [-0.2, 0) is 9.53 Å². The lowest BCUT2D eigenvalue weighted by Crippen LogP contribution is -2.26. The average molecular weight is 220 g/mol. The minimum Gasteiger partial charge on any atom is -0.468 e. The van der Waals surface area contributed by atoms with Crippen molar-refractivity contribution in [1.29, 1.82) is 0 Å². The third-order valence-corrected chi connectivity index (χ3v) is 2.50. The molecule has 16 heavy (non-hydrogen) atoms. The summed E-state index contributed by atoms with van der Waals surface area (Å²) < 4.78 is 4.60. The van der Waals surface area contributed by atoms with Gasteiger partial charge in [-0.1, -0.05) is 18.2 Å². The number of H-pyrrole nitrogens is 1. The molecule has 2 rings (SSSR count). The van der Waals surface area contributed by atoms with Crippen molar-refractivity contribution >= 4 is 16.9 Å². The second-order valence-electron chi connectivity index (χ2n) is 3.37. The van der Waals surface area contributed by atoms with Gasteiger partial charge in [0.25, 0.3) is 0 Å². The lowest BCUT2D eigenvalue weighted by atomic mass is 10.1. The van der Waals surface area contributed by atoms with Gasteiger partial charge in [0.1, 0.15) is 0 Å². The van der Waals surface area contributed by atoms with E-state index in [0.29, 0.717) is 5.56 Å². The number of aromatic amines is 1. The number of aromatic nitrogens is 1. The molecule has 0 aliphatic rings. The zero-order valence-corrected chi connectivity index (χ0v) is 8.73. The fourth-order valence-electron chi connectivity index (χ4n) is 1.70. The van der Waals surface area contributed by atoms with E-state index in [1.54, 1.807) is 6.20 Å². The van der Waals surface area contributed by atoms with Crippen LogP contribution in [-0.4, -0.2) is 23.3 Å². The highest BCUT2D eigenvalue weighted by molar-refractivity contribution is 5.89. The van der Waals surface area contributed by atoms with Gasteiger partial charge in [0, 0.05) is 22.7 Å². The normalized spacial score (nSPS) is 12.6. The molecule has 1 aromatic carbocycles. The van der Waals surface area contributed by atoms with Gasteiger partial charge < -0.3 is 14.9 Å². The zero-order chi connectivity index (χ0) is 11.5. The molecule has 5 heteroatoms. The lowest BCUT2D eigenvalue weighted by molar-refractivity contribution is -0.146. The Morgan fingerprint density at radius 2 is 2.25 bits per heavy atom. The maximum absolute atomic E-state index is 11.4. The van der Waals surface area contributed by atoms with Crippen molar-refractivity contribution < 1.29 is 14.7 Å². The first-order valence-corrected chi connectivity index (χ1v) is 4.81. The van der Waals surface area contributed by atoms with E-state index in [4.69, 9.17) is 5.21 Å². The molecule has 1 heterocycles. The van der Waals surface area contributed by atoms with E-state index >= 15 is 0 Å². The van der Waals surface area contributed by atoms with Crippen LogP contribution in [0.15, 0.2) is 30.5 Å². The molecule has 0 saturated heterocycles. The van der Waals surface area contributed by atoms with Crippen molar-refractivity contribution in [3.8, 4) is 0 Å². The molecular formula is C11H12N2O3. The van der Waals surface area contributed by atoms with Crippen LogP contribution in [0.4, 0.5) is 0 Å². The second kappa shape index (κ2) is 4.34. The average Bonchev–Trinajstić information content (AvgIpc) is 2.74. The number of rotatable bonds is 3. The second-order valence-corrected chi connectivity index (χ2v) is 3.37. The van der Waals surface area contributed by atoms with Crippen LogP contribution < -0.4 is 5.48 Å². The van der Waals surface area contributed by atoms with Crippen molar-refractivity contribution in [2.75, 3.05) is 7.11 Å². The van der Waals surface area contributed by atoms with Gasteiger partial charge >= 0.3 is 5.97 Å². The van der Waals surface area contributed by atoms with E-state index in [-0.39, 0.29) is 0 Å². The highest BCUT2D eigenvalue weighted by Crippen LogP contribution is 2.24. The highest BCUT2D eigenvalue weighted by atomic mass is 16.5. The maximum atomic E-state index is 11.4. The third kappa shape index (κ3) is 1.66. The molecule has 0 saturated carbocycles. The number of hydrogen-bond acceptors (Lipinski definition) is 4. The Labute approximate surface area is 92.0 Å². The molecule has 84 valence electrons. The van der Waals surface area contributed by atoms with Gasteiger partial charge in [-0.3, -0.25) is 0 Å². The minimum absolute atomic E-state index is 0.535. The quantitative estimate of drug-likeness (QED) is 0.539. The summed E-state index contributed by atoms with van der Waals surface area (Å²) in [6, 6.07) is 6.65. The predicted octanol–water partition coefficient (Wildman–Crippen LogP) is 1.36. The number of carbonyl (C=O) groups excluding carboxylic acids is 1. The summed E-state index contributed by atoms with van der Waals surface area (Å²) in [6.07, 6.45) is 1.68. The number of para-hydroxylation sites is 1. The van der Waals surface area contributed by atoms with E-state index in [1.165, 1.54) is 7.11 Å². The van der Waals surface area contributed by atoms with Crippen LogP contribution >= 0.6 is 0 Å². The Hall–Kier alpha value is -1.85. The summed E-state index contributed by atoms with van der Waals surface area (Å²) in [7, 11) is 1.28. The van der Waals surface area contributed by atoms with Crippen LogP contribution in [0.2, 0.25) is 0 Å². The van der Waals surface area contributed by atoms with Gasteiger partial charge in [0.05, 0.1) is 7.11 Å². The Bertz CT molecular complexity index is 507. The van der Waals surface area contributed by atoms with E-state index in [0.717, 1.165) is 10.9 Å². The summed E-state index contributed by atoms with van der Waals surface area (Å²) in [4.78, 5) is 14.4. The summed E-state index contributed by atoms with van der Waals surface area (Å²) in [6.45, 7) is 0. The van der Waals surface area contributed by atoms with E-state index in [9.17, 15) is 4.79 Å². The number of nitrogens with one attached hydrogen (secondary N) is 2. The Kier molecular flexibility index (Phi) is 2.89. The number of fused-ring (bicyclic) bond motifs is 1. The molecule has 0 aliphatic carbocycles. The minimum atomic E-state index is -0.874. The van der Waals surface area contributed by atoms with E-state index < -0.39 is 12.0 Å². The molecule has 0 radical (unpaired) electrons. The molecule has 0 aliphatic heterocycles. The molecule has 3 N–H and O–H groups in total. The number of methoxy groups -OCH3 is 1. The molecule has 1 atom stereocenters. The van der Waals surface area contributed by atoms with Crippen molar-refractivity contribution in [1.82, 2.24) is 10.5 Å². The highest BCUT2D eigenvalue weighted by Gasteiger charge is 2.23. The van der Waals surface area contributed by atoms with Gasteiger partial charge in [-0.25, -0.2) is 4.79 Å². The molecule has 2 aromatic rings. The van der Waals surface area contributed by atoms with E-state index in [1.807, 2.05) is 29.7 Å². The van der Waals surface area contributed by atoms with Crippen molar-refractivity contribution in [2.24, 2.45) is 0 Å². The van der Waals surface area contributed by atoms with Crippen LogP contribution in [0.5, 0.6) is 0 Å². The van der Waals surface area contributed by atoms with Gasteiger partial charge in [-0.05, 0) is 6.07 Å². The van der Waals surface area contributed by atoms with Crippen LogP contribution in [0.3, 0.4) is 0 Å². The smallest absolute Gasteiger partial charge is 0.329 e. The molecule has 0 bridgehead atoms. The topological polar surface area (TPSA) is 74.3 Å². The van der Waals surface area contributed by atoms with Crippen molar-refractivity contribution in [3.05, 3.63) is 36.0 Å². The molecular weight excluding hydrogens is 208 g/mol. The van der Waals surface area contributed by atoms with Gasteiger partial charge in [0.2, 0.25) is 0 Å². The Morgan fingerprint density at radius 1 is 1.50 bits per heavy atom. The Balaban J connectivity index is 2.49. The molecule has 1 aromatic heterocycles. The van der Waals surface area contributed by atoms with Gasteiger partial charge in [-0.2, -0.15) is 5.48 Å². The van der Waals surface area contributed by atoms with Crippen LogP contribution in [0.1, 0.15) is 11.6 Å². The number of hydroxylamine groups is 1. The largest absolute Gasteiger partial charge is 0.468 e. The third-order valence-electron chi connectivity index (χ3n) is 2.50. The first-order valence-electron chi connectivity index (χ1n) is 4.81. The summed E-state index contributed by atoms with van der Waals surface area (Å²) in [5.41, 5.74) is 3.51. The standard InChI is InChI=1S/C11H12N2O3/c1-16-11(14)10(13-15)8-6-12-9-5-3-2-4-7(8)9/h2-6,10,12-13,15H,1H3/t10-/m1/s1. The van der Waals surface area contributed by atoms with Crippen LogP contribution in [0.25, 0.3) is 10.9 Å². The van der Waals surface area contributed by atoms with Crippen LogP contribution in [0, 0.1) is 0 Å². The number of ether oxygens (including phenoxy) is 1. The van der Waals surface area contributed by atoms with E-state index in [2.05, 4.69) is 9.72 Å². The number of carbonyl (C=O) groups is 1. The predicted molar refractivity (Wildman–Crippen MR) is 58.0 cm³/mol. The summed E-state index contributed by atoms with van der Waals surface area (Å²) in [5.74, 6) is -0.535. The van der Waals surface area contributed by atoms with Gasteiger partial charge in [-0.15, -0.1) is 0 Å². The summed E-state index contributed by atoms with van der Waals surface area (Å²) in [5, 5.41) is 9.87. The fourth-order valence-corrected chi connectivity index (χ4v) is 1.70. The SMILES string of the molecule is COC(=O)[C@H](NO)c1c[nH]c2ccccc12. The molecule has 0 spiro atoms. The summed E-state index contributed by atoms with van der Waals surface area (Å²) >= 11 is 0. The number of hydrogen-bond donors (Lipinski definition) is 3. The maximum Gasteiger partial charge on any atom is 0.329 e. The van der Waals surface area contributed by atoms with Crippen molar-refractivity contribution in [3.63, 3.8) is 0 Å². The number of esters is 1. The zero-order valence-electron chi connectivity index (χ0n) is 8.73.